The molecule has 3 aromatic rings. The Balaban J connectivity index is 1.61. The van der Waals surface area contributed by atoms with Crippen molar-refractivity contribution in [2.24, 2.45) is 9.98 Å². The molecule has 0 saturated carbocycles. The zero-order chi connectivity index (χ0) is 29.3. The van der Waals surface area contributed by atoms with E-state index >= 15 is 0 Å². The Hall–Kier alpha value is -5.39. The molecule has 2 heterocycles. The molecule has 5 rings (SSSR count). The maximum Gasteiger partial charge on any atom is 0.337 e. The largest absolute Gasteiger partial charge is 0.484 e. The number of nitro groups is 1. The van der Waals surface area contributed by atoms with E-state index in [1.165, 1.54) is 49.5 Å². The summed E-state index contributed by atoms with van der Waals surface area (Å²) in [6.07, 6.45) is -0.932. The first-order chi connectivity index (χ1) is 19.7. The summed E-state index contributed by atoms with van der Waals surface area (Å²) in [4.78, 5) is 61.2. The number of amides is 2. The minimum Gasteiger partial charge on any atom is -0.484 e. The van der Waals surface area contributed by atoms with Crippen molar-refractivity contribution in [1.82, 2.24) is 5.32 Å². The van der Waals surface area contributed by atoms with E-state index in [9.17, 15) is 24.5 Å². The average molecular weight is 556 g/mol. The van der Waals surface area contributed by atoms with Crippen LogP contribution in [0.1, 0.15) is 44.3 Å². The van der Waals surface area contributed by atoms with Crippen LogP contribution in [0, 0.1) is 10.1 Å². The number of aliphatic imine (C=N–C) groups is 2. The van der Waals surface area contributed by atoms with Gasteiger partial charge in [0.2, 0.25) is 6.17 Å². The number of benzene rings is 3. The van der Waals surface area contributed by atoms with Crippen molar-refractivity contribution in [2.75, 3.05) is 25.7 Å². The first-order valence-corrected chi connectivity index (χ1v) is 12.6. The highest BCUT2D eigenvalue weighted by Crippen LogP contribution is 2.39. The number of non-ortho nitro benzene ring substituents is 1. The second-order valence-corrected chi connectivity index (χ2v) is 9.28. The fourth-order valence-electron chi connectivity index (χ4n) is 4.84. The zero-order valence-corrected chi connectivity index (χ0v) is 22.4. The number of hydrogen-bond donors (Lipinski definition) is 1. The molecule has 41 heavy (non-hydrogen) atoms. The molecule has 0 aromatic heterocycles. The van der Waals surface area contributed by atoms with Gasteiger partial charge < -0.3 is 19.7 Å². The lowest BCUT2D eigenvalue weighted by atomic mass is 9.97. The summed E-state index contributed by atoms with van der Waals surface area (Å²) >= 11 is 0. The molecule has 1 atom stereocenters. The van der Waals surface area contributed by atoms with Crippen molar-refractivity contribution < 1.29 is 28.8 Å². The van der Waals surface area contributed by atoms with Crippen LogP contribution < -0.4 is 10.2 Å². The summed E-state index contributed by atoms with van der Waals surface area (Å²) < 4.78 is 9.91. The van der Waals surface area contributed by atoms with Crippen LogP contribution in [0.3, 0.4) is 0 Å². The van der Waals surface area contributed by atoms with Crippen molar-refractivity contribution in [1.29, 1.82) is 0 Å². The summed E-state index contributed by atoms with van der Waals surface area (Å²) in [7, 11) is 2.65. The van der Waals surface area contributed by atoms with Gasteiger partial charge in [0.05, 0.1) is 47.4 Å². The van der Waals surface area contributed by atoms with Crippen LogP contribution in [0.2, 0.25) is 0 Å². The number of methoxy groups -OCH3 is 2. The lowest BCUT2D eigenvalue weighted by Gasteiger charge is -2.21. The zero-order valence-electron chi connectivity index (χ0n) is 22.4. The third kappa shape index (κ3) is 5.14. The van der Waals surface area contributed by atoms with E-state index in [0.29, 0.717) is 34.5 Å². The van der Waals surface area contributed by atoms with Crippen molar-refractivity contribution >= 4 is 46.5 Å². The Morgan fingerprint density at radius 3 is 2.54 bits per heavy atom. The molecule has 1 N–H and O–H groups in total. The molecule has 0 aliphatic carbocycles. The lowest BCUT2D eigenvalue weighted by molar-refractivity contribution is -0.384. The quantitative estimate of drug-likeness (QED) is 0.160. The fraction of sp³-hybridized carbons (Fsp3) is 0.207. The van der Waals surface area contributed by atoms with Gasteiger partial charge in [0, 0.05) is 36.7 Å². The summed E-state index contributed by atoms with van der Waals surface area (Å²) in [5, 5.41) is 14.4. The van der Waals surface area contributed by atoms with Gasteiger partial charge in [-0.2, -0.15) is 0 Å². The molecule has 12 nitrogen and oxygen atoms in total. The molecule has 0 unspecified atom stereocenters. The van der Waals surface area contributed by atoms with Crippen LogP contribution in [0.5, 0.6) is 0 Å². The molecule has 0 spiro atoms. The second kappa shape index (κ2) is 11.0. The van der Waals surface area contributed by atoms with Gasteiger partial charge in [-0.3, -0.25) is 19.7 Å². The highest BCUT2D eigenvalue weighted by atomic mass is 16.6. The maximum atomic E-state index is 13.8. The molecule has 2 aliphatic rings. The molecule has 0 saturated heterocycles. The molecule has 2 amide bonds. The first-order valence-electron chi connectivity index (χ1n) is 12.6. The molecule has 2 aliphatic heterocycles. The Kier molecular flexibility index (Phi) is 7.30. The van der Waals surface area contributed by atoms with Gasteiger partial charge in [0.25, 0.3) is 17.5 Å². The van der Waals surface area contributed by atoms with E-state index in [0.717, 1.165) is 0 Å². The third-order valence-corrected chi connectivity index (χ3v) is 6.82. The number of nitrogens with one attached hydrogen (secondary N) is 1. The van der Waals surface area contributed by atoms with Gasteiger partial charge >= 0.3 is 5.97 Å². The van der Waals surface area contributed by atoms with Gasteiger partial charge in [-0.1, -0.05) is 30.3 Å². The summed E-state index contributed by atoms with van der Waals surface area (Å²) in [5.41, 5.74) is 2.85. The average Bonchev–Trinajstić information content (AvgIpc) is 3.37. The SMILES string of the molecule is COC(=O)c1ccc(C(=O)N[C@@H]2N=C(c3ccccc3)c3cc([N+](=O)[O-])cc4c3N(CC4)C2=O)c(/N=C(\C)OC)c1. The van der Waals surface area contributed by atoms with Crippen LogP contribution in [-0.2, 0) is 20.7 Å². The van der Waals surface area contributed by atoms with Crippen molar-refractivity contribution in [2.45, 2.75) is 19.5 Å². The van der Waals surface area contributed by atoms with Crippen molar-refractivity contribution in [3.05, 3.63) is 98.6 Å². The van der Waals surface area contributed by atoms with Crippen molar-refractivity contribution in [3.63, 3.8) is 0 Å². The first kappa shape index (κ1) is 27.2. The minimum atomic E-state index is -1.35. The van der Waals surface area contributed by atoms with Gasteiger partial charge in [-0.25, -0.2) is 14.8 Å². The van der Waals surface area contributed by atoms with Crippen LogP contribution in [-0.4, -0.2) is 61.2 Å². The van der Waals surface area contributed by atoms with Crippen LogP contribution in [0.25, 0.3) is 0 Å². The lowest BCUT2D eigenvalue weighted by Crippen LogP contribution is -2.47. The molecule has 208 valence electrons. The predicted octanol–water partition coefficient (Wildman–Crippen LogP) is 3.57. The number of nitrogens with zero attached hydrogens (tertiary/aromatic N) is 4. The molecule has 0 radical (unpaired) electrons. The van der Waals surface area contributed by atoms with E-state index in [4.69, 9.17) is 9.47 Å². The van der Waals surface area contributed by atoms with Crippen LogP contribution in [0.15, 0.2) is 70.6 Å². The van der Waals surface area contributed by atoms with E-state index in [2.05, 4.69) is 15.3 Å². The number of carbonyl (C=O) groups excluding carboxylic acids is 3. The summed E-state index contributed by atoms with van der Waals surface area (Å²) in [6, 6.07) is 16.0. The molecule has 3 aromatic carbocycles. The smallest absolute Gasteiger partial charge is 0.337 e. The Morgan fingerprint density at radius 1 is 1.10 bits per heavy atom. The highest BCUT2D eigenvalue weighted by Gasteiger charge is 2.38. The van der Waals surface area contributed by atoms with Gasteiger partial charge in [0.1, 0.15) is 0 Å². The van der Waals surface area contributed by atoms with Crippen LogP contribution >= 0.6 is 0 Å². The summed E-state index contributed by atoms with van der Waals surface area (Å²) in [6.45, 7) is 1.86. The maximum absolute atomic E-state index is 13.8. The van der Waals surface area contributed by atoms with Gasteiger partial charge in [0.15, 0.2) is 5.90 Å². The Morgan fingerprint density at radius 2 is 1.85 bits per heavy atom. The number of ether oxygens (including phenoxy) is 2. The van der Waals surface area contributed by atoms with E-state index in [-0.39, 0.29) is 34.9 Å². The highest BCUT2D eigenvalue weighted by molar-refractivity contribution is 6.21. The molecule has 0 fully saturated rings. The van der Waals surface area contributed by atoms with E-state index in [1.54, 1.807) is 31.2 Å². The summed E-state index contributed by atoms with van der Waals surface area (Å²) in [5.74, 6) is -1.54. The Bertz CT molecular complexity index is 1650. The number of carbonyl (C=O) groups is 3. The fourth-order valence-corrected chi connectivity index (χ4v) is 4.84. The third-order valence-electron chi connectivity index (χ3n) is 6.82. The molecular formula is C29H25N5O7. The van der Waals surface area contributed by atoms with Gasteiger partial charge in [-0.05, 0) is 30.2 Å². The van der Waals surface area contributed by atoms with Crippen LogP contribution in [0.4, 0.5) is 17.1 Å². The second-order valence-electron chi connectivity index (χ2n) is 9.28. The topological polar surface area (TPSA) is 153 Å². The number of esters is 1. The molecule has 12 heteroatoms. The van der Waals surface area contributed by atoms with Gasteiger partial charge in [-0.15, -0.1) is 0 Å². The monoisotopic (exact) mass is 555 g/mol. The minimum absolute atomic E-state index is 0.0674. The number of hydrogen-bond acceptors (Lipinski definition) is 9. The number of nitro benzene ring substituents is 1. The number of anilines is 1. The standard InChI is InChI=1S/C29H25N5O7/c1-16(40-2)30-23-14-19(29(37)41-3)9-10-21(23)27(35)32-26-28(36)33-12-11-18-13-20(34(38)39)15-22(25(18)33)24(31-26)17-7-5-4-6-8-17/h4-10,13-15,26H,11-12H2,1-3H3,(H,32,35)/b30-16+/t26-/m0/s1. The molecular weight excluding hydrogens is 530 g/mol. The van der Waals surface area contributed by atoms with E-state index in [1.807, 2.05) is 6.07 Å². The normalized spacial score (nSPS) is 15.9. The Labute approximate surface area is 234 Å². The van der Waals surface area contributed by atoms with Crippen molar-refractivity contribution in [3.8, 4) is 0 Å². The predicted molar refractivity (Wildman–Crippen MR) is 150 cm³/mol. The van der Waals surface area contributed by atoms with E-state index < -0.39 is 28.9 Å². The molecule has 0 bridgehead atoms. The number of rotatable bonds is 6.